The van der Waals surface area contributed by atoms with E-state index in [9.17, 15) is 5.11 Å². The SMILES string of the molecule is Cn1nc(-c2cc3c(c(Cl)c2O)CCCCC3)cc1N. The van der Waals surface area contributed by atoms with Gasteiger partial charge in [0.2, 0.25) is 0 Å². The fourth-order valence-corrected chi connectivity index (χ4v) is 3.15. The van der Waals surface area contributed by atoms with E-state index in [1.807, 2.05) is 6.07 Å². The molecule has 0 fully saturated rings. The Balaban J connectivity index is 2.17. The average molecular weight is 292 g/mol. The number of halogens is 1. The van der Waals surface area contributed by atoms with Crippen molar-refractivity contribution in [2.45, 2.75) is 32.1 Å². The van der Waals surface area contributed by atoms with Crippen LogP contribution in [0.15, 0.2) is 12.1 Å². The molecule has 1 aliphatic carbocycles. The minimum Gasteiger partial charge on any atom is -0.506 e. The molecule has 4 nitrogen and oxygen atoms in total. The molecule has 0 bridgehead atoms. The van der Waals surface area contributed by atoms with Crippen molar-refractivity contribution in [3.05, 3.63) is 28.3 Å². The van der Waals surface area contributed by atoms with Crippen LogP contribution >= 0.6 is 11.6 Å². The first-order valence-electron chi connectivity index (χ1n) is 6.91. The molecule has 1 aliphatic rings. The van der Waals surface area contributed by atoms with E-state index in [1.165, 1.54) is 12.0 Å². The third kappa shape index (κ3) is 2.14. The first kappa shape index (κ1) is 13.3. The molecular formula is C15H18ClN3O. The summed E-state index contributed by atoms with van der Waals surface area (Å²) >= 11 is 6.37. The molecule has 106 valence electrons. The Kier molecular flexibility index (Phi) is 3.34. The van der Waals surface area contributed by atoms with Crippen LogP contribution in [0.1, 0.15) is 30.4 Å². The van der Waals surface area contributed by atoms with Crippen LogP contribution in [0.2, 0.25) is 5.02 Å². The molecule has 0 saturated heterocycles. The number of aryl methyl sites for hydroxylation is 2. The Morgan fingerprint density at radius 3 is 2.70 bits per heavy atom. The summed E-state index contributed by atoms with van der Waals surface area (Å²) in [6.07, 6.45) is 5.44. The van der Waals surface area contributed by atoms with E-state index in [2.05, 4.69) is 5.10 Å². The van der Waals surface area contributed by atoms with Gasteiger partial charge in [-0.1, -0.05) is 18.0 Å². The molecule has 0 amide bonds. The van der Waals surface area contributed by atoms with Gasteiger partial charge in [0.15, 0.2) is 0 Å². The van der Waals surface area contributed by atoms with E-state index in [4.69, 9.17) is 17.3 Å². The number of nitrogen functional groups attached to an aromatic ring is 1. The molecule has 0 radical (unpaired) electrons. The number of hydrogen-bond acceptors (Lipinski definition) is 3. The second kappa shape index (κ2) is 5.02. The molecule has 20 heavy (non-hydrogen) atoms. The zero-order chi connectivity index (χ0) is 14.3. The number of aromatic hydroxyl groups is 1. The van der Waals surface area contributed by atoms with Crippen molar-refractivity contribution in [1.29, 1.82) is 0 Å². The van der Waals surface area contributed by atoms with Gasteiger partial charge in [-0.25, -0.2) is 0 Å². The molecule has 0 unspecified atom stereocenters. The van der Waals surface area contributed by atoms with Crippen molar-refractivity contribution in [3.63, 3.8) is 0 Å². The number of hydrogen-bond donors (Lipinski definition) is 2. The van der Waals surface area contributed by atoms with E-state index < -0.39 is 0 Å². The topological polar surface area (TPSA) is 64.1 Å². The lowest BCUT2D eigenvalue weighted by Crippen LogP contribution is -1.97. The number of phenols is 1. The highest BCUT2D eigenvalue weighted by atomic mass is 35.5. The lowest BCUT2D eigenvalue weighted by atomic mass is 9.97. The van der Waals surface area contributed by atoms with Crippen LogP contribution in [-0.2, 0) is 19.9 Å². The van der Waals surface area contributed by atoms with Crippen LogP contribution < -0.4 is 5.73 Å². The van der Waals surface area contributed by atoms with Crippen LogP contribution in [-0.4, -0.2) is 14.9 Å². The van der Waals surface area contributed by atoms with Crippen LogP contribution in [0.5, 0.6) is 5.75 Å². The number of benzene rings is 1. The van der Waals surface area contributed by atoms with Crippen molar-refractivity contribution in [2.75, 3.05) is 5.73 Å². The highest BCUT2D eigenvalue weighted by molar-refractivity contribution is 6.33. The summed E-state index contributed by atoms with van der Waals surface area (Å²) in [5.41, 5.74) is 9.47. The van der Waals surface area contributed by atoms with Gasteiger partial charge >= 0.3 is 0 Å². The molecule has 0 atom stereocenters. The quantitative estimate of drug-likeness (QED) is 0.792. The summed E-state index contributed by atoms with van der Waals surface area (Å²) in [6.45, 7) is 0. The Hall–Kier alpha value is -1.68. The van der Waals surface area contributed by atoms with E-state index in [1.54, 1.807) is 17.8 Å². The van der Waals surface area contributed by atoms with Gasteiger partial charge in [0.25, 0.3) is 0 Å². The van der Waals surface area contributed by atoms with Crippen molar-refractivity contribution in [3.8, 4) is 17.0 Å². The molecule has 3 N–H and O–H groups in total. The lowest BCUT2D eigenvalue weighted by Gasteiger charge is -2.13. The van der Waals surface area contributed by atoms with E-state index in [0.717, 1.165) is 31.2 Å². The molecule has 1 aromatic carbocycles. The van der Waals surface area contributed by atoms with Gasteiger partial charge < -0.3 is 10.8 Å². The van der Waals surface area contributed by atoms with Crippen LogP contribution in [0.3, 0.4) is 0 Å². The summed E-state index contributed by atoms with van der Waals surface area (Å²) in [4.78, 5) is 0. The average Bonchev–Trinajstić information content (AvgIpc) is 2.65. The maximum absolute atomic E-state index is 10.4. The van der Waals surface area contributed by atoms with Gasteiger partial charge in [-0.15, -0.1) is 0 Å². The van der Waals surface area contributed by atoms with Gasteiger partial charge in [-0.3, -0.25) is 4.68 Å². The predicted octanol–water partition coefficient (Wildman–Crippen LogP) is 3.30. The molecule has 0 saturated carbocycles. The Morgan fingerprint density at radius 2 is 2.00 bits per heavy atom. The van der Waals surface area contributed by atoms with Crippen molar-refractivity contribution in [1.82, 2.24) is 9.78 Å². The Bertz CT molecular complexity index is 644. The molecule has 1 heterocycles. The third-order valence-corrected chi connectivity index (χ3v) is 4.41. The standard InChI is InChI=1S/C15H18ClN3O/c1-19-13(17)8-12(18-19)11-7-9-5-3-2-4-6-10(9)14(16)15(11)20/h7-8,20H,2-6,17H2,1H3. The summed E-state index contributed by atoms with van der Waals surface area (Å²) < 4.78 is 1.59. The number of fused-ring (bicyclic) bond motifs is 1. The normalized spacial score (nSPS) is 14.9. The van der Waals surface area contributed by atoms with Gasteiger partial charge in [0.05, 0.1) is 10.7 Å². The number of phenolic OH excluding ortho intramolecular Hbond substituents is 1. The number of anilines is 1. The maximum atomic E-state index is 10.4. The fourth-order valence-electron chi connectivity index (χ4n) is 2.83. The summed E-state index contributed by atoms with van der Waals surface area (Å²) in [5.74, 6) is 0.677. The molecular weight excluding hydrogens is 274 g/mol. The molecule has 3 rings (SSSR count). The monoisotopic (exact) mass is 291 g/mol. The lowest BCUT2D eigenvalue weighted by molar-refractivity contribution is 0.476. The van der Waals surface area contributed by atoms with Gasteiger partial charge in [0, 0.05) is 18.7 Å². The highest BCUT2D eigenvalue weighted by Crippen LogP contribution is 2.41. The summed E-state index contributed by atoms with van der Waals surface area (Å²) in [6, 6.07) is 3.78. The minimum atomic E-state index is 0.116. The van der Waals surface area contributed by atoms with Crippen molar-refractivity contribution < 1.29 is 5.11 Å². The highest BCUT2D eigenvalue weighted by Gasteiger charge is 2.20. The number of aromatic nitrogens is 2. The third-order valence-electron chi connectivity index (χ3n) is 4.00. The summed E-state index contributed by atoms with van der Waals surface area (Å²) in [7, 11) is 1.78. The first-order valence-corrected chi connectivity index (χ1v) is 7.29. The predicted molar refractivity (Wildman–Crippen MR) is 81.0 cm³/mol. The van der Waals surface area contributed by atoms with Crippen LogP contribution in [0, 0.1) is 0 Å². The molecule has 0 spiro atoms. The second-order valence-corrected chi connectivity index (χ2v) is 5.74. The fraction of sp³-hybridized carbons (Fsp3) is 0.400. The largest absolute Gasteiger partial charge is 0.506 e. The smallest absolute Gasteiger partial charge is 0.143 e. The number of rotatable bonds is 1. The minimum absolute atomic E-state index is 0.116. The Morgan fingerprint density at radius 1 is 1.25 bits per heavy atom. The number of nitrogens with two attached hydrogens (primary N) is 1. The molecule has 1 aromatic heterocycles. The van der Waals surface area contributed by atoms with E-state index >= 15 is 0 Å². The van der Waals surface area contributed by atoms with Gasteiger partial charge in [-0.2, -0.15) is 5.10 Å². The maximum Gasteiger partial charge on any atom is 0.143 e. The number of nitrogens with zero attached hydrogens (tertiary/aromatic N) is 2. The molecule has 2 aromatic rings. The zero-order valence-electron chi connectivity index (χ0n) is 11.5. The van der Waals surface area contributed by atoms with Gasteiger partial charge in [0.1, 0.15) is 11.6 Å². The van der Waals surface area contributed by atoms with Crippen molar-refractivity contribution in [2.24, 2.45) is 7.05 Å². The first-order chi connectivity index (χ1) is 9.58. The van der Waals surface area contributed by atoms with Gasteiger partial charge in [-0.05, 0) is 42.9 Å². The second-order valence-electron chi connectivity index (χ2n) is 5.36. The molecule has 5 heteroatoms. The van der Waals surface area contributed by atoms with E-state index in [-0.39, 0.29) is 5.75 Å². The van der Waals surface area contributed by atoms with Crippen LogP contribution in [0.4, 0.5) is 5.82 Å². The van der Waals surface area contributed by atoms with E-state index in [0.29, 0.717) is 22.1 Å². The summed E-state index contributed by atoms with van der Waals surface area (Å²) in [5, 5.41) is 15.2. The zero-order valence-corrected chi connectivity index (χ0v) is 12.2. The Labute approximate surface area is 123 Å². The molecule has 0 aliphatic heterocycles. The van der Waals surface area contributed by atoms with Crippen LogP contribution in [0.25, 0.3) is 11.3 Å². The van der Waals surface area contributed by atoms with Crippen molar-refractivity contribution >= 4 is 17.4 Å².